The molecule has 1 rings (SSSR count). The highest BCUT2D eigenvalue weighted by atomic mass is 35.5. The van der Waals surface area contributed by atoms with E-state index in [1.807, 2.05) is 0 Å². The van der Waals surface area contributed by atoms with Crippen molar-refractivity contribution in [3.8, 4) is 0 Å². The molecule has 0 spiro atoms. The first-order valence-corrected chi connectivity index (χ1v) is 7.17. The van der Waals surface area contributed by atoms with Crippen LogP contribution in [0.3, 0.4) is 0 Å². The molecular weight excluding hydrogens is 327 g/mol. The van der Waals surface area contributed by atoms with Gasteiger partial charge in [-0.3, -0.25) is 15.3 Å². The highest BCUT2D eigenvalue weighted by Crippen LogP contribution is 2.10. The molecule has 1 atom stereocenters. The molecule has 0 amide bonds. The Kier molecular flexibility index (Phi) is 14.5. The molecule has 1 aliphatic rings. The fourth-order valence-corrected chi connectivity index (χ4v) is 2.42. The number of guanidine groups is 2. The number of hydrogen-bond acceptors (Lipinski definition) is 4. The van der Waals surface area contributed by atoms with Crippen molar-refractivity contribution in [3.05, 3.63) is 0 Å². The minimum Gasteiger partial charge on any atom is -0.370 e. The number of nitrogens with one attached hydrogen (secondary N) is 3. The third kappa shape index (κ3) is 10.7. The Balaban J connectivity index is 0. The van der Waals surface area contributed by atoms with Crippen LogP contribution in [-0.4, -0.2) is 62.1 Å². The molecule has 1 unspecified atom stereocenters. The molecule has 0 aromatic heterocycles. The van der Waals surface area contributed by atoms with Crippen molar-refractivity contribution >= 4 is 36.7 Å². The average molecular weight is 357 g/mol. The van der Waals surface area contributed by atoms with E-state index < -0.39 is 0 Å². The van der Waals surface area contributed by atoms with Gasteiger partial charge < -0.3 is 27.8 Å². The zero-order valence-corrected chi connectivity index (χ0v) is 14.5. The lowest BCUT2D eigenvalue weighted by atomic mass is 10.1. The molecule has 9 N–H and O–H groups in total. The predicted octanol–water partition coefficient (Wildman–Crippen LogP) is -0.969. The van der Waals surface area contributed by atoms with Crippen molar-refractivity contribution < 1.29 is 0 Å². The Labute approximate surface area is 145 Å². The first-order valence-electron chi connectivity index (χ1n) is 7.17. The lowest BCUT2D eigenvalue weighted by Crippen LogP contribution is -2.51. The van der Waals surface area contributed by atoms with E-state index in [2.05, 4.69) is 20.5 Å². The number of aliphatic imine (C=N–C) groups is 1. The fraction of sp³-hybridized carbons (Fsp3) is 0.833. The van der Waals surface area contributed by atoms with Crippen LogP contribution in [0, 0.1) is 5.41 Å². The van der Waals surface area contributed by atoms with E-state index in [0.29, 0.717) is 12.6 Å². The van der Waals surface area contributed by atoms with Gasteiger partial charge in [0, 0.05) is 45.3 Å². The van der Waals surface area contributed by atoms with Crippen LogP contribution in [0.2, 0.25) is 0 Å². The van der Waals surface area contributed by atoms with E-state index in [0.717, 1.165) is 52.0 Å². The first-order chi connectivity index (χ1) is 9.59. The number of hydrogen-bond donors (Lipinski definition) is 6. The molecule has 10 heteroatoms. The van der Waals surface area contributed by atoms with Crippen LogP contribution in [0.15, 0.2) is 4.99 Å². The van der Waals surface area contributed by atoms with E-state index in [-0.39, 0.29) is 36.7 Å². The number of nitrogens with zero attached hydrogens (tertiary/aromatic N) is 2. The van der Waals surface area contributed by atoms with Crippen molar-refractivity contribution in [2.24, 2.45) is 22.2 Å². The summed E-state index contributed by atoms with van der Waals surface area (Å²) >= 11 is 0. The highest BCUT2D eigenvalue weighted by molar-refractivity contribution is 5.85. The van der Waals surface area contributed by atoms with E-state index in [9.17, 15) is 0 Å². The van der Waals surface area contributed by atoms with Crippen LogP contribution in [0.4, 0.5) is 0 Å². The normalized spacial score (nSPS) is 17.7. The minimum atomic E-state index is 0. The number of piperazine rings is 1. The Morgan fingerprint density at radius 1 is 1.27 bits per heavy atom. The van der Waals surface area contributed by atoms with Gasteiger partial charge in [-0.25, -0.2) is 0 Å². The molecule has 0 saturated carbocycles. The lowest BCUT2D eigenvalue weighted by Gasteiger charge is -2.36. The molecule has 8 nitrogen and oxygen atoms in total. The SMILES string of the molecule is Cl.Cl.N=C(N)NCCCN1CCNCC1CCCN=C(N)N. The zero-order chi connectivity index (χ0) is 14.8. The summed E-state index contributed by atoms with van der Waals surface area (Å²) in [5.41, 5.74) is 15.9. The standard InChI is InChI=1S/C12H28N8.2ClH/c13-11(14)18-4-1-3-10-9-17-6-8-20(10)7-2-5-19-12(15)16;;/h10,17H,1-9H2,(H4,13,14,18)(H4,15,16,19);2*1H. The summed E-state index contributed by atoms with van der Waals surface area (Å²) in [6.07, 6.45) is 3.07. The highest BCUT2D eigenvalue weighted by Gasteiger charge is 2.20. The van der Waals surface area contributed by atoms with E-state index in [4.69, 9.17) is 22.6 Å². The summed E-state index contributed by atoms with van der Waals surface area (Å²) in [4.78, 5) is 6.51. The van der Waals surface area contributed by atoms with Crippen molar-refractivity contribution in [3.63, 3.8) is 0 Å². The van der Waals surface area contributed by atoms with Crippen molar-refractivity contribution in [2.75, 3.05) is 39.3 Å². The molecule has 132 valence electrons. The maximum absolute atomic E-state index is 7.11. The predicted molar refractivity (Wildman–Crippen MR) is 97.2 cm³/mol. The van der Waals surface area contributed by atoms with Gasteiger partial charge in [0.15, 0.2) is 11.9 Å². The molecule has 22 heavy (non-hydrogen) atoms. The number of nitrogens with two attached hydrogens (primary N) is 3. The second-order valence-electron chi connectivity index (χ2n) is 5.04. The number of rotatable bonds is 8. The molecule has 1 aliphatic heterocycles. The molecular formula is C12H30Cl2N8. The van der Waals surface area contributed by atoms with Crippen LogP contribution in [-0.2, 0) is 0 Å². The quantitative estimate of drug-likeness (QED) is 0.188. The maximum Gasteiger partial charge on any atom is 0.185 e. The van der Waals surface area contributed by atoms with E-state index in [1.54, 1.807) is 0 Å². The van der Waals surface area contributed by atoms with Crippen LogP contribution in [0.1, 0.15) is 19.3 Å². The fourth-order valence-electron chi connectivity index (χ4n) is 2.42. The van der Waals surface area contributed by atoms with Gasteiger partial charge in [0.25, 0.3) is 0 Å². The minimum absolute atomic E-state index is 0. The topological polar surface area (TPSA) is 142 Å². The third-order valence-corrected chi connectivity index (χ3v) is 3.40. The van der Waals surface area contributed by atoms with Gasteiger partial charge in [-0.1, -0.05) is 0 Å². The average Bonchev–Trinajstić information content (AvgIpc) is 2.40. The van der Waals surface area contributed by atoms with Crippen LogP contribution in [0.25, 0.3) is 0 Å². The summed E-state index contributed by atoms with van der Waals surface area (Å²) in [5, 5.41) is 13.4. The molecule has 0 radical (unpaired) electrons. The first kappa shape index (κ1) is 23.3. The van der Waals surface area contributed by atoms with Crippen molar-refractivity contribution in [1.82, 2.24) is 15.5 Å². The van der Waals surface area contributed by atoms with Crippen molar-refractivity contribution in [1.29, 1.82) is 5.41 Å². The Morgan fingerprint density at radius 3 is 2.64 bits per heavy atom. The van der Waals surface area contributed by atoms with Crippen LogP contribution in [0.5, 0.6) is 0 Å². The zero-order valence-electron chi connectivity index (χ0n) is 12.9. The van der Waals surface area contributed by atoms with Gasteiger partial charge in [-0.2, -0.15) is 0 Å². The van der Waals surface area contributed by atoms with Gasteiger partial charge >= 0.3 is 0 Å². The summed E-state index contributed by atoms with van der Waals surface area (Å²) in [6.45, 7) is 5.58. The Hall–Kier alpha value is -0.960. The molecule has 0 aliphatic carbocycles. The molecule has 0 aromatic rings. The monoisotopic (exact) mass is 356 g/mol. The largest absolute Gasteiger partial charge is 0.370 e. The van der Waals surface area contributed by atoms with E-state index >= 15 is 0 Å². The number of halogens is 2. The van der Waals surface area contributed by atoms with E-state index in [1.165, 1.54) is 0 Å². The second kappa shape index (κ2) is 13.7. The van der Waals surface area contributed by atoms with Gasteiger partial charge in [0.2, 0.25) is 0 Å². The molecule has 0 bridgehead atoms. The lowest BCUT2D eigenvalue weighted by molar-refractivity contribution is 0.150. The van der Waals surface area contributed by atoms with Gasteiger partial charge in [0.1, 0.15) is 0 Å². The van der Waals surface area contributed by atoms with Crippen molar-refractivity contribution in [2.45, 2.75) is 25.3 Å². The third-order valence-electron chi connectivity index (χ3n) is 3.40. The van der Waals surface area contributed by atoms with Gasteiger partial charge in [0.05, 0.1) is 0 Å². The Morgan fingerprint density at radius 2 is 2.00 bits per heavy atom. The molecule has 0 aromatic carbocycles. The van der Waals surface area contributed by atoms with Gasteiger partial charge in [-0.15, -0.1) is 24.8 Å². The van der Waals surface area contributed by atoms with Gasteiger partial charge in [-0.05, 0) is 19.3 Å². The maximum atomic E-state index is 7.11. The Bertz CT molecular complexity index is 322. The summed E-state index contributed by atoms with van der Waals surface area (Å²) in [5.74, 6) is 0.207. The van der Waals surface area contributed by atoms with Crippen LogP contribution < -0.4 is 27.8 Å². The molecule has 1 saturated heterocycles. The summed E-state index contributed by atoms with van der Waals surface area (Å²) < 4.78 is 0. The smallest absolute Gasteiger partial charge is 0.185 e. The molecule has 1 heterocycles. The van der Waals surface area contributed by atoms with Crippen LogP contribution >= 0.6 is 24.8 Å². The second-order valence-corrected chi connectivity index (χ2v) is 5.04. The summed E-state index contributed by atoms with van der Waals surface area (Å²) in [7, 11) is 0. The molecule has 1 fully saturated rings. The summed E-state index contributed by atoms with van der Waals surface area (Å²) in [6, 6.07) is 0.537.